The van der Waals surface area contributed by atoms with Crippen molar-refractivity contribution < 1.29 is 23.0 Å². The molecule has 3 nitrogen and oxygen atoms in total. The Labute approximate surface area is 173 Å². The van der Waals surface area contributed by atoms with Crippen LogP contribution in [-0.4, -0.2) is 25.9 Å². The van der Waals surface area contributed by atoms with Crippen LogP contribution in [0.5, 0.6) is 11.5 Å². The lowest BCUT2D eigenvalue weighted by molar-refractivity contribution is -0.0557. The minimum atomic E-state index is -0.994. The van der Waals surface area contributed by atoms with E-state index in [9.17, 15) is 8.78 Å². The van der Waals surface area contributed by atoms with E-state index in [2.05, 4.69) is 12.7 Å². The van der Waals surface area contributed by atoms with Crippen molar-refractivity contribution in [2.45, 2.75) is 64.4 Å². The van der Waals surface area contributed by atoms with Crippen LogP contribution >= 0.6 is 0 Å². The predicted molar refractivity (Wildman–Crippen MR) is 110 cm³/mol. The van der Waals surface area contributed by atoms with Crippen molar-refractivity contribution in [3.05, 3.63) is 36.4 Å². The molecule has 1 aliphatic heterocycles. The average molecular weight is 409 g/mol. The molecule has 0 spiro atoms. The molecule has 2 aliphatic rings. The fourth-order valence-corrected chi connectivity index (χ4v) is 4.43. The highest BCUT2D eigenvalue weighted by molar-refractivity contribution is 5.35. The molecule has 5 heteroatoms. The summed E-state index contributed by atoms with van der Waals surface area (Å²) < 4.78 is 45.2. The van der Waals surface area contributed by atoms with Gasteiger partial charge in [0.05, 0.1) is 19.3 Å². The molecule has 1 heterocycles. The van der Waals surface area contributed by atoms with Gasteiger partial charge in [-0.2, -0.15) is 8.78 Å². The Kier molecular flexibility index (Phi) is 8.34. The quantitative estimate of drug-likeness (QED) is 0.354. The minimum Gasteiger partial charge on any atom is -0.490 e. The number of allylic oxidation sites excluding steroid dienone is 1. The van der Waals surface area contributed by atoms with Crippen molar-refractivity contribution >= 4 is 0 Å². The van der Waals surface area contributed by atoms with Crippen LogP contribution in [0.2, 0.25) is 0 Å². The molecule has 2 unspecified atom stereocenters. The van der Waals surface area contributed by atoms with E-state index in [-0.39, 0.29) is 24.2 Å². The fourth-order valence-electron chi connectivity index (χ4n) is 4.43. The topological polar surface area (TPSA) is 27.7 Å². The van der Waals surface area contributed by atoms with E-state index in [1.807, 2.05) is 6.92 Å². The first kappa shape index (κ1) is 22.1. The maximum atomic E-state index is 14.3. The zero-order valence-electron chi connectivity index (χ0n) is 17.5. The smallest absolute Gasteiger partial charge is 0.204 e. The van der Waals surface area contributed by atoms with Gasteiger partial charge in [0.1, 0.15) is 6.61 Å². The molecule has 162 valence electrons. The Hall–Kier alpha value is -1.62. The summed E-state index contributed by atoms with van der Waals surface area (Å²) in [4.78, 5) is 0. The Bertz CT molecular complexity index is 648. The molecule has 1 aromatic carbocycles. The van der Waals surface area contributed by atoms with Crippen LogP contribution < -0.4 is 9.47 Å². The molecule has 0 radical (unpaired) electrons. The molecule has 3 rings (SSSR count). The maximum absolute atomic E-state index is 14.3. The molecule has 2 atom stereocenters. The van der Waals surface area contributed by atoms with Gasteiger partial charge in [0.25, 0.3) is 0 Å². The number of ether oxygens (including phenoxy) is 3. The Morgan fingerprint density at radius 3 is 2.24 bits per heavy atom. The molecule has 1 saturated carbocycles. The summed E-state index contributed by atoms with van der Waals surface area (Å²) in [5.41, 5.74) is 0. The van der Waals surface area contributed by atoms with Crippen LogP contribution in [0.25, 0.3) is 0 Å². The van der Waals surface area contributed by atoms with Crippen LogP contribution in [0.1, 0.15) is 58.3 Å². The Morgan fingerprint density at radius 1 is 1.00 bits per heavy atom. The summed E-state index contributed by atoms with van der Waals surface area (Å²) in [5, 5.41) is 0. The lowest BCUT2D eigenvalue weighted by atomic mass is 9.74. The van der Waals surface area contributed by atoms with Gasteiger partial charge in [-0.3, -0.25) is 0 Å². The largest absolute Gasteiger partial charge is 0.490 e. The second kappa shape index (κ2) is 11.0. The SMILES string of the molecule is C=CC1CCC(C2CCC(COc3ccc(OCCCC)c(F)c3F)OC2)CC1. The molecule has 2 fully saturated rings. The molecular formula is C24H34F2O3. The zero-order chi connectivity index (χ0) is 20.6. The maximum Gasteiger partial charge on any atom is 0.204 e. The summed E-state index contributed by atoms with van der Waals surface area (Å²) in [5.74, 6) is -0.115. The van der Waals surface area contributed by atoms with Crippen molar-refractivity contribution in [2.24, 2.45) is 17.8 Å². The van der Waals surface area contributed by atoms with Gasteiger partial charge in [-0.05, 0) is 74.8 Å². The second-order valence-corrected chi connectivity index (χ2v) is 8.41. The molecule has 1 aromatic rings. The first-order valence-electron chi connectivity index (χ1n) is 11.1. The normalized spacial score (nSPS) is 27.4. The van der Waals surface area contributed by atoms with Crippen molar-refractivity contribution in [3.63, 3.8) is 0 Å². The standard InChI is InChI=1S/C24H34F2O3/c1-3-5-14-27-21-12-13-22(24(26)23(21)25)29-16-20-11-10-19(15-28-20)18-8-6-17(4-2)7-9-18/h4,12-13,17-20H,2-3,5-11,14-16H2,1H3. The molecule has 1 aliphatic carbocycles. The summed E-state index contributed by atoms with van der Waals surface area (Å²) in [6.07, 6.45) is 10.7. The Balaban J connectivity index is 1.43. The molecule has 0 bridgehead atoms. The highest BCUT2D eigenvalue weighted by atomic mass is 19.2. The molecule has 0 amide bonds. The summed E-state index contributed by atoms with van der Waals surface area (Å²) in [6, 6.07) is 2.87. The number of benzene rings is 1. The molecule has 0 aromatic heterocycles. The van der Waals surface area contributed by atoms with Gasteiger partial charge in [0.2, 0.25) is 11.6 Å². The summed E-state index contributed by atoms with van der Waals surface area (Å²) in [6.45, 7) is 7.28. The number of hydrogen-bond acceptors (Lipinski definition) is 3. The van der Waals surface area contributed by atoms with Gasteiger partial charge in [-0.25, -0.2) is 0 Å². The predicted octanol–water partition coefficient (Wildman–Crippen LogP) is 6.31. The highest BCUT2D eigenvalue weighted by Gasteiger charge is 2.31. The second-order valence-electron chi connectivity index (χ2n) is 8.41. The monoisotopic (exact) mass is 408 g/mol. The van der Waals surface area contributed by atoms with E-state index >= 15 is 0 Å². The summed E-state index contributed by atoms with van der Waals surface area (Å²) in [7, 11) is 0. The third-order valence-corrected chi connectivity index (χ3v) is 6.41. The van der Waals surface area contributed by atoms with E-state index < -0.39 is 11.6 Å². The molecule has 1 saturated heterocycles. The van der Waals surface area contributed by atoms with Gasteiger partial charge in [0, 0.05) is 0 Å². The van der Waals surface area contributed by atoms with Crippen molar-refractivity contribution in [2.75, 3.05) is 19.8 Å². The molecule has 0 N–H and O–H groups in total. The third kappa shape index (κ3) is 5.94. The fraction of sp³-hybridized carbons (Fsp3) is 0.667. The van der Waals surface area contributed by atoms with Gasteiger partial charge in [-0.15, -0.1) is 6.58 Å². The van der Waals surface area contributed by atoms with Crippen molar-refractivity contribution in [3.8, 4) is 11.5 Å². The van der Waals surface area contributed by atoms with Crippen LogP contribution in [-0.2, 0) is 4.74 Å². The van der Waals surface area contributed by atoms with E-state index in [0.29, 0.717) is 18.4 Å². The lowest BCUT2D eigenvalue weighted by Crippen LogP contribution is -2.35. The Morgan fingerprint density at radius 2 is 1.66 bits per heavy atom. The molecule has 29 heavy (non-hydrogen) atoms. The number of halogens is 2. The first-order valence-corrected chi connectivity index (χ1v) is 11.1. The number of unbranched alkanes of at least 4 members (excludes halogenated alkanes) is 1. The van der Waals surface area contributed by atoms with Gasteiger partial charge >= 0.3 is 0 Å². The van der Waals surface area contributed by atoms with Crippen LogP contribution in [0.3, 0.4) is 0 Å². The lowest BCUT2D eigenvalue weighted by Gasteiger charge is -2.37. The number of rotatable bonds is 9. The highest BCUT2D eigenvalue weighted by Crippen LogP contribution is 2.38. The van der Waals surface area contributed by atoms with E-state index in [4.69, 9.17) is 14.2 Å². The van der Waals surface area contributed by atoms with Crippen molar-refractivity contribution in [1.82, 2.24) is 0 Å². The average Bonchev–Trinajstić information content (AvgIpc) is 2.77. The molecular weight excluding hydrogens is 374 g/mol. The zero-order valence-corrected chi connectivity index (χ0v) is 17.5. The minimum absolute atomic E-state index is 0.0637. The van der Waals surface area contributed by atoms with Gasteiger partial charge < -0.3 is 14.2 Å². The van der Waals surface area contributed by atoms with Crippen LogP contribution in [0, 0.1) is 29.4 Å². The van der Waals surface area contributed by atoms with Crippen LogP contribution in [0.15, 0.2) is 24.8 Å². The third-order valence-electron chi connectivity index (χ3n) is 6.41. The summed E-state index contributed by atoms with van der Waals surface area (Å²) >= 11 is 0. The first-order chi connectivity index (χ1) is 14.1. The number of hydrogen-bond donors (Lipinski definition) is 0. The van der Waals surface area contributed by atoms with Crippen LogP contribution in [0.4, 0.5) is 8.78 Å². The van der Waals surface area contributed by atoms with Gasteiger partial charge in [-0.1, -0.05) is 19.4 Å². The van der Waals surface area contributed by atoms with E-state index in [0.717, 1.165) is 38.2 Å². The van der Waals surface area contributed by atoms with E-state index in [1.165, 1.54) is 37.8 Å². The van der Waals surface area contributed by atoms with Crippen molar-refractivity contribution in [1.29, 1.82) is 0 Å². The van der Waals surface area contributed by atoms with Gasteiger partial charge in [0.15, 0.2) is 11.5 Å². The van der Waals surface area contributed by atoms with E-state index in [1.54, 1.807) is 0 Å².